The Morgan fingerprint density at radius 3 is 2.67 bits per heavy atom. The molecule has 6 nitrogen and oxygen atoms in total. The molecule has 6 heteroatoms. The molecule has 0 saturated carbocycles. The van der Waals surface area contributed by atoms with Crippen molar-refractivity contribution in [3.63, 3.8) is 0 Å². The number of nitrogens with zero attached hydrogens (tertiary/aromatic N) is 1. The van der Waals surface area contributed by atoms with Crippen LogP contribution in [-0.4, -0.2) is 10.1 Å². The predicted molar refractivity (Wildman–Crippen MR) is 42.9 cm³/mol. The van der Waals surface area contributed by atoms with Crippen molar-refractivity contribution in [2.75, 3.05) is 11.2 Å². The molecule has 12 heavy (non-hydrogen) atoms. The summed E-state index contributed by atoms with van der Waals surface area (Å²) in [7, 11) is 0. The van der Waals surface area contributed by atoms with Gasteiger partial charge in [0.1, 0.15) is 0 Å². The van der Waals surface area contributed by atoms with Gasteiger partial charge in [-0.3, -0.25) is 20.8 Å². The largest absolute Gasteiger partial charge is 0.398 e. The Morgan fingerprint density at radius 2 is 2.17 bits per heavy atom. The van der Waals surface area contributed by atoms with Crippen molar-refractivity contribution in [1.29, 1.82) is 0 Å². The first-order chi connectivity index (χ1) is 5.63. The molecule has 0 amide bonds. The number of nitrogens with one attached hydrogen (secondary N) is 1. The summed E-state index contributed by atoms with van der Waals surface area (Å²) in [5.41, 5.74) is 7.35. The maximum Gasteiger partial charge on any atom is 0.273 e. The third kappa shape index (κ3) is 1.61. The van der Waals surface area contributed by atoms with Crippen LogP contribution in [0.3, 0.4) is 0 Å². The van der Waals surface area contributed by atoms with Crippen LogP contribution in [0.5, 0.6) is 0 Å². The number of nitro groups is 1. The summed E-state index contributed by atoms with van der Waals surface area (Å²) in [6, 6.07) is 3.77. The first-order valence-corrected chi connectivity index (χ1v) is 3.08. The van der Waals surface area contributed by atoms with E-state index in [-0.39, 0.29) is 17.1 Å². The third-order valence-corrected chi connectivity index (χ3v) is 1.28. The quantitative estimate of drug-likeness (QED) is 0.348. The molecule has 0 saturated heterocycles. The van der Waals surface area contributed by atoms with Gasteiger partial charge in [0.05, 0.1) is 10.6 Å². The van der Waals surface area contributed by atoms with Crippen molar-refractivity contribution in [2.24, 2.45) is 0 Å². The van der Waals surface area contributed by atoms with Crippen LogP contribution in [0, 0.1) is 10.1 Å². The minimum atomic E-state index is -0.586. The molecule has 0 atom stereocenters. The van der Waals surface area contributed by atoms with Crippen molar-refractivity contribution >= 4 is 17.1 Å². The highest BCUT2D eigenvalue weighted by Crippen LogP contribution is 2.21. The molecule has 4 N–H and O–H groups in total. The predicted octanol–water partition coefficient (Wildman–Crippen LogP) is 0.978. The SMILES string of the molecule is Nc1cc(NO)cc([N+](=O)[O-])c1. The van der Waals surface area contributed by atoms with Crippen molar-refractivity contribution < 1.29 is 10.1 Å². The zero-order chi connectivity index (χ0) is 9.14. The van der Waals surface area contributed by atoms with Gasteiger partial charge in [0.2, 0.25) is 0 Å². The van der Waals surface area contributed by atoms with Gasteiger partial charge in [-0.1, -0.05) is 0 Å². The second-order valence-electron chi connectivity index (χ2n) is 2.18. The van der Waals surface area contributed by atoms with Gasteiger partial charge in [0, 0.05) is 17.8 Å². The lowest BCUT2D eigenvalue weighted by molar-refractivity contribution is -0.384. The monoisotopic (exact) mass is 169 g/mol. The standard InChI is InChI=1S/C6H7N3O3/c7-4-1-5(8-10)3-6(2-4)9(11)12/h1-3,8,10H,7H2. The Balaban J connectivity index is 3.15. The molecule has 1 rings (SSSR count). The molecule has 0 unspecified atom stereocenters. The maximum absolute atomic E-state index is 10.3. The fourth-order valence-electron chi connectivity index (χ4n) is 0.805. The van der Waals surface area contributed by atoms with Crippen LogP contribution in [0.4, 0.5) is 17.1 Å². The highest BCUT2D eigenvalue weighted by atomic mass is 16.6. The molecule has 0 aliphatic heterocycles. The van der Waals surface area contributed by atoms with Gasteiger partial charge in [-0.2, -0.15) is 0 Å². The van der Waals surface area contributed by atoms with Crippen molar-refractivity contribution in [3.05, 3.63) is 28.3 Å². The number of benzene rings is 1. The van der Waals surface area contributed by atoms with Gasteiger partial charge < -0.3 is 5.73 Å². The zero-order valence-electron chi connectivity index (χ0n) is 6.02. The molecule has 0 heterocycles. The van der Waals surface area contributed by atoms with Crippen LogP contribution in [0.1, 0.15) is 0 Å². The lowest BCUT2D eigenvalue weighted by Crippen LogP contribution is -1.95. The van der Waals surface area contributed by atoms with Crippen LogP contribution in [0.2, 0.25) is 0 Å². The fourth-order valence-corrected chi connectivity index (χ4v) is 0.805. The van der Waals surface area contributed by atoms with E-state index in [0.717, 1.165) is 0 Å². The summed E-state index contributed by atoms with van der Waals surface area (Å²) in [4.78, 5) is 9.68. The number of hydrogen-bond acceptors (Lipinski definition) is 5. The molecule has 64 valence electrons. The minimum Gasteiger partial charge on any atom is -0.398 e. The summed E-state index contributed by atoms with van der Waals surface area (Å²) < 4.78 is 0. The highest BCUT2D eigenvalue weighted by Gasteiger charge is 2.07. The number of nitrogen functional groups attached to an aromatic ring is 1. The normalized spacial score (nSPS) is 9.42. The molecule has 0 radical (unpaired) electrons. The van der Waals surface area contributed by atoms with Crippen LogP contribution >= 0.6 is 0 Å². The maximum atomic E-state index is 10.3. The summed E-state index contributed by atoms with van der Waals surface area (Å²) in [6.45, 7) is 0. The van der Waals surface area contributed by atoms with Crippen LogP contribution in [0.25, 0.3) is 0 Å². The Kier molecular flexibility index (Phi) is 2.11. The molecule has 0 bridgehead atoms. The lowest BCUT2D eigenvalue weighted by atomic mass is 10.2. The first kappa shape index (κ1) is 8.28. The molecule has 0 fully saturated rings. The summed E-state index contributed by atoms with van der Waals surface area (Å²) in [5.74, 6) is 0. The van der Waals surface area contributed by atoms with E-state index in [2.05, 4.69) is 0 Å². The molecule has 0 aliphatic rings. The average molecular weight is 169 g/mol. The van der Waals surface area contributed by atoms with Gasteiger partial charge in [0.25, 0.3) is 5.69 Å². The number of rotatable bonds is 2. The lowest BCUT2D eigenvalue weighted by Gasteiger charge is -1.99. The van der Waals surface area contributed by atoms with Gasteiger partial charge in [-0.25, -0.2) is 0 Å². The van der Waals surface area contributed by atoms with E-state index in [4.69, 9.17) is 10.9 Å². The summed E-state index contributed by atoms with van der Waals surface area (Å²) in [5, 5.41) is 18.7. The van der Waals surface area contributed by atoms with Gasteiger partial charge in [0.15, 0.2) is 0 Å². The molecule has 1 aromatic carbocycles. The van der Waals surface area contributed by atoms with E-state index in [9.17, 15) is 10.1 Å². The number of hydrogen-bond donors (Lipinski definition) is 3. The smallest absolute Gasteiger partial charge is 0.273 e. The molecule has 0 spiro atoms. The highest BCUT2D eigenvalue weighted by molar-refractivity contribution is 5.60. The van der Waals surface area contributed by atoms with E-state index < -0.39 is 4.92 Å². The second-order valence-corrected chi connectivity index (χ2v) is 2.18. The third-order valence-electron chi connectivity index (χ3n) is 1.28. The van der Waals surface area contributed by atoms with E-state index in [1.165, 1.54) is 18.2 Å². The number of nitro benzene ring substituents is 1. The molecule has 0 aromatic heterocycles. The van der Waals surface area contributed by atoms with Gasteiger partial charge in [-0.15, -0.1) is 0 Å². The van der Waals surface area contributed by atoms with Crippen molar-refractivity contribution in [2.45, 2.75) is 0 Å². The van der Waals surface area contributed by atoms with Crippen molar-refractivity contribution in [3.8, 4) is 0 Å². The first-order valence-electron chi connectivity index (χ1n) is 3.08. The molecular formula is C6H7N3O3. The average Bonchev–Trinajstić information content (AvgIpc) is 2.03. The Labute approximate surface area is 67.7 Å². The van der Waals surface area contributed by atoms with Crippen molar-refractivity contribution in [1.82, 2.24) is 0 Å². The van der Waals surface area contributed by atoms with E-state index in [0.29, 0.717) is 0 Å². The van der Waals surface area contributed by atoms with Crippen LogP contribution in [0.15, 0.2) is 18.2 Å². The van der Waals surface area contributed by atoms with E-state index in [1.807, 2.05) is 0 Å². The number of non-ortho nitro benzene ring substituents is 1. The molecule has 0 aliphatic carbocycles. The van der Waals surface area contributed by atoms with E-state index >= 15 is 0 Å². The summed E-state index contributed by atoms with van der Waals surface area (Å²) >= 11 is 0. The Hall–Kier alpha value is -1.82. The molecular weight excluding hydrogens is 162 g/mol. The second kappa shape index (κ2) is 3.05. The number of anilines is 2. The molecule has 1 aromatic rings. The Bertz CT molecular complexity index is 313. The number of nitrogens with two attached hydrogens (primary N) is 1. The summed E-state index contributed by atoms with van der Waals surface area (Å²) in [6.07, 6.45) is 0. The minimum absolute atomic E-state index is 0.161. The van der Waals surface area contributed by atoms with Crippen LogP contribution in [-0.2, 0) is 0 Å². The zero-order valence-corrected chi connectivity index (χ0v) is 6.02. The topological polar surface area (TPSA) is 101 Å². The Morgan fingerprint density at radius 1 is 1.50 bits per heavy atom. The van der Waals surface area contributed by atoms with E-state index in [1.54, 1.807) is 5.48 Å². The fraction of sp³-hybridized carbons (Fsp3) is 0. The van der Waals surface area contributed by atoms with Gasteiger partial charge in [-0.05, 0) is 6.07 Å². The van der Waals surface area contributed by atoms with Gasteiger partial charge >= 0.3 is 0 Å². The van der Waals surface area contributed by atoms with Crippen LogP contribution < -0.4 is 11.2 Å².